The lowest BCUT2D eigenvalue weighted by Gasteiger charge is -2.08. The van der Waals surface area contributed by atoms with Crippen LogP contribution in [0, 0.1) is 0 Å². The van der Waals surface area contributed by atoms with Crippen molar-refractivity contribution in [3.8, 4) is 0 Å². The van der Waals surface area contributed by atoms with Crippen LogP contribution in [0.2, 0.25) is 0 Å². The molecule has 0 aliphatic carbocycles. The third-order valence-corrected chi connectivity index (χ3v) is 5.24. The molecule has 0 saturated carbocycles. The van der Waals surface area contributed by atoms with E-state index in [2.05, 4.69) is 9.71 Å². The molecule has 0 spiro atoms. The summed E-state index contributed by atoms with van der Waals surface area (Å²) < 4.78 is 48.1. The van der Waals surface area contributed by atoms with E-state index in [-0.39, 0.29) is 11.4 Å². The third kappa shape index (κ3) is 3.66. The van der Waals surface area contributed by atoms with Gasteiger partial charge in [0.1, 0.15) is 0 Å². The Morgan fingerprint density at radius 2 is 1.90 bits per heavy atom. The molecule has 108 valence electrons. The normalized spacial score (nSPS) is 12.7. The highest BCUT2D eigenvalue weighted by atomic mass is 35.7. The predicted molar refractivity (Wildman–Crippen MR) is 76.6 cm³/mol. The lowest BCUT2D eigenvalue weighted by atomic mass is 10.2. The number of hydrogen-bond donors (Lipinski definition) is 1. The van der Waals surface area contributed by atoms with Gasteiger partial charge in [-0.15, -0.1) is 0 Å². The first-order valence-electron chi connectivity index (χ1n) is 5.54. The molecule has 0 atom stereocenters. The van der Waals surface area contributed by atoms with Crippen molar-refractivity contribution in [2.45, 2.75) is 4.90 Å². The van der Waals surface area contributed by atoms with E-state index in [1.54, 1.807) is 24.4 Å². The maximum Gasteiger partial charge on any atom is 0.241 e. The predicted octanol–water partition coefficient (Wildman–Crippen LogP) is 1.08. The molecule has 0 bridgehead atoms. The van der Waals surface area contributed by atoms with E-state index in [0.717, 1.165) is 0 Å². The fraction of sp³-hybridized carbons (Fsp3) is 0.182. The number of pyridine rings is 1. The molecule has 0 amide bonds. The molecule has 0 radical (unpaired) electrons. The first-order chi connectivity index (χ1) is 9.30. The van der Waals surface area contributed by atoms with Crippen LogP contribution in [0.4, 0.5) is 0 Å². The molecule has 2 rings (SSSR count). The van der Waals surface area contributed by atoms with Gasteiger partial charge in [0.2, 0.25) is 19.1 Å². The number of benzene rings is 1. The van der Waals surface area contributed by atoms with E-state index in [1.807, 2.05) is 0 Å². The van der Waals surface area contributed by atoms with Crippen molar-refractivity contribution < 1.29 is 16.8 Å². The van der Waals surface area contributed by atoms with Crippen molar-refractivity contribution >= 4 is 40.5 Å². The highest BCUT2D eigenvalue weighted by molar-refractivity contribution is 8.13. The Labute approximate surface area is 121 Å². The van der Waals surface area contributed by atoms with Gasteiger partial charge in [-0.3, -0.25) is 4.98 Å². The van der Waals surface area contributed by atoms with Crippen LogP contribution in [0.3, 0.4) is 0 Å². The Hall–Kier alpha value is -1.22. The molecular formula is C11H11ClN2O4S2. The summed E-state index contributed by atoms with van der Waals surface area (Å²) in [4.78, 5) is 3.99. The van der Waals surface area contributed by atoms with Crippen molar-refractivity contribution in [3.63, 3.8) is 0 Å². The van der Waals surface area contributed by atoms with Crippen LogP contribution in [-0.2, 0) is 19.1 Å². The Morgan fingerprint density at radius 1 is 1.15 bits per heavy atom. The van der Waals surface area contributed by atoms with Crippen LogP contribution < -0.4 is 4.72 Å². The topological polar surface area (TPSA) is 93.2 Å². The van der Waals surface area contributed by atoms with E-state index in [9.17, 15) is 16.8 Å². The number of sulfonamides is 1. The van der Waals surface area contributed by atoms with E-state index in [1.165, 1.54) is 12.3 Å². The van der Waals surface area contributed by atoms with Gasteiger partial charge >= 0.3 is 0 Å². The summed E-state index contributed by atoms with van der Waals surface area (Å²) in [6, 6.07) is 6.36. The van der Waals surface area contributed by atoms with E-state index < -0.39 is 24.8 Å². The van der Waals surface area contributed by atoms with Gasteiger partial charge in [0.15, 0.2) is 0 Å². The molecule has 1 heterocycles. The zero-order chi connectivity index (χ0) is 14.8. The Balaban J connectivity index is 2.33. The number of nitrogens with zero attached hydrogens (tertiary/aromatic N) is 1. The maximum atomic E-state index is 12.2. The second kappa shape index (κ2) is 5.65. The van der Waals surface area contributed by atoms with Crippen LogP contribution in [0.5, 0.6) is 0 Å². The number of nitrogens with one attached hydrogen (secondary N) is 1. The van der Waals surface area contributed by atoms with E-state index >= 15 is 0 Å². The highest BCUT2D eigenvalue weighted by Gasteiger charge is 2.17. The highest BCUT2D eigenvalue weighted by Crippen LogP contribution is 2.21. The molecule has 0 unspecified atom stereocenters. The van der Waals surface area contributed by atoms with Crippen molar-refractivity contribution in [3.05, 3.63) is 36.7 Å². The molecule has 0 fully saturated rings. The Morgan fingerprint density at radius 3 is 2.60 bits per heavy atom. The van der Waals surface area contributed by atoms with Gasteiger partial charge in [-0.05, 0) is 12.1 Å². The van der Waals surface area contributed by atoms with Gasteiger partial charge in [0.05, 0.1) is 10.6 Å². The molecule has 6 nitrogen and oxygen atoms in total. The standard InChI is InChI=1S/C11H11ClN2O4S2/c12-19(15,16)7-6-14-20(17,18)11-3-1-2-9-8-13-5-4-10(9)11/h1-5,8,14H,6-7H2. The van der Waals surface area contributed by atoms with Gasteiger partial charge in [-0.2, -0.15) is 0 Å². The van der Waals surface area contributed by atoms with Gasteiger partial charge < -0.3 is 0 Å². The SMILES string of the molecule is O=S(=O)(Cl)CCNS(=O)(=O)c1cccc2cnccc12. The molecule has 0 saturated heterocycles. The number of fused-ring (bicyclic) bond motifs is 1. The van der Waals surface area contributed by atoms with Crippen LogP contribution in [0.15, 0.2) is 41.6 Å². The minimum atomic E-state index is -3.81. The summed E-state index contributed by atoms with van der Waals surface area (Å²) in [5, 5.41) is 1.20. The zero-order valence-electron chi connectivity index (χ0n) is 10.2. The van der Waals surface area contributed by atoms with Gasteiger partial charge in [0.25, 0.3) is 0 Å². The number of rotatable bonds is 5. The minimum absolute atomic E-state index is 0.0735. The van der Waals surface area contributed by atoms with Gasteiger partial charge in [-0.25, -0.2) is 21.6 Å². The molecular weight excluding hydrogens is 324 g/mol. The summed E-state index contributed by atoms with van der Waals surface area (Å²) in [6.45, 7) is -0.282. The maximum absolute atomic E-state index is 12.2. The van der Waals surface area contributed by atoms with Gasteiger partial charge in [-0.1, -0.05) is 12.1 Å². The molecule has 1 aromatic carbocycles. The lowest BCUT2D eigenvalue weighted by molar-refractivity contribution is 0.583. The molecule has 1 N–H and O–H groups in total. The summed E-state index contributed by atoms with van der Waals surface area (Å²) >= 11 is 0. The van der Waals surface area contributed by atoms with Crippen LogP contribution in [-0.4, -0.2) is 34.1 Å². The molecule has 2 aromatic rings. The first-order valence-corrected chi connectivity index (χ1v) is 9.50. The average molecular weight is 335 g/mol. The smallest absolute Gasteiger partial charge is 0.241 e. The van der Waals surface area contributed by atoms with Crippen LogP contribution in [0.1, 0.15) is 0 Å². The summed E-state index contributed by atoms with van der Waals surface area (Å²) in [5.41, 5.74) is 0. The molecule has 1 aromatic heterocycles. The lowest BCUT2D eigenvalue weighted by Crippen LogP contribution is -2.28. The average Bonchev–Trinajstić information content (AvgIpc) is 2.36. The summed E-state index contributed by atoms with van der Waals surface area (Å²) in [6.07, 6.45) is 3.04. The van der Waals surface area contributed by atoms with Crippen molar-refractivity contribution in [1.29, 1.82) is 0 Å². The van der Waals surface area contributed by atoms with Gasteiger partial charge in [0, 0.05) is 40.4 Å². The molecule has 0 aliphatic heterocycles. The van der Waals surface area contributed by atoms with Crippen molar-refractivity contribution in [2.24, 2.45) is 0 Å². The quantitative estimate of drug-likeness (QED) is 0.826. The number of hydrogen-bond acceptors (Lipinski definition) is 5. The molecule has 20 heavy (non-hydrogen) atoms. The Kier molecular flexibility index (Phi) is 4.28. The largest absolute Gasteiger partial charge is 0.264 e. The second-order valence-electron chi connectivity index (χ2n) is 3.99. The van der Waals surface area contributed by atoms with E-state index in [4.69, 9.17) is 10.7 Å². The third-order valence-electron chi connectivity index (χ3n) is 2.57. The molecule has 0 aliphatic rings. The first kappa shape index (κ1) is 15.2. The van der Waals surface area contributed by atoms with Crippen LogP contribution in [0.25, 0.3) is 10.8 Å². The van der Waals surface area contributed by atoms with Crippen LogP contribution >= 0.6 is 10.7 Å². The number of halogens is 1. The van der Waals surface area contributed by atoms with Crippen molar-refractivity contribution in [2.75, 3.05) is 12.3 Å². The zero-order valence-corrected chi connectivity index (χ0v) is 12.5. The fourth-order valence-electron chi connectivity index (χ4n) is 1.70. The Bertz CT molecular complexity index is 829. The monoisotopic (exact) mass is 334 g/mol. The minimum Gasteiger partial charge on any atom is -0.264 e. The fourth-order valence-corrected chi connectivity index (χ4v) is 3.67. The summed E-state index contributed by atoms with van der Waals surface area (Å²) in [7, 11) is -2.51. The van der Waals surface area contributed by atoms with E-state index in [0.29, 0.717) is 10.8 Å². The number of aromatic nitrogens is 1. The summed E-state index contributed by atoms with van der Waals surface area (Å²) in [5.74, 6) is -0.472. The molecule has 9 heteroatoms. The van der Waals surface area contributed by atoms with Crippen molar-refractivity contribution in [1.82, 2.24) is 9.71 Å². The second-order valence-corrected chi connectivity index (χ2v) is 8.63.